The SMILES string of the molecule is COC(=O)CN(C(=O)c1ccc(=O)[nH]c1)C(C)C. The van der Waals surface area contributed by atoms with Gasteiger partial charge in [-0.05, 0) is 19.9 Å². The molecule has 0 atom stereocenters. The highest BCUT2D eigenvalue weighted by Crippen LogP contribution is 2.06. The van der Waals surface area contributed by atoms with Crippen molar-refractivity contribution in [3.05, 3.63) is 34.2 Å². The monoisotopic (exact) mass is 252 g/mol. The molecule has 98 valence electrons. The second kappa shape index (κ2) is 6.00. The van der Waals surface area contributed by atoms with E-state index in [-0.39, 0.29) is 24.1 Å². The Hall–Kier alpha value is -2.11. The van der Waals surface area contributed by atoms with E-state index in [1.54, 1.807) is 13.8 Å². The number of hydrogen-bond donors (Lipinski definition) is 1. The summed E-state index contributed by atoms with van der Waals surface area (Å²) in [6.07, 6.45) is 1.33. The number of carbonyl (C=O) groups is 2. The van der Waals surface area contributed by atoms with Crippen molar-refractivity contribution in [2.45, 2.75) is 19.9 Å². The van der Waals surface area contributed by atoms with Gasteiger partial charge in [0.1, 0.15) is 6.54 Å². The summed E-state index contributed by atoms with van der Waals surface area (Å²) in [5, 5.41) is 0. The molecule has 0 spiro atoms. The number of nitrogens with zero attached hydrogens (tertiary/aromatic N) is 1. The van der Waals surface area contributed by atoms with Crippen LogP contribution in [0.2, 0.25) is 0 Å². The average Bonchev–Trinajstić information content (AvgIpc) is 2.35. The molecule has 1 amide bonds. The summed E-state index contributed by atoms with van der Waals surface area (Å²) in [7, 11) is 1.27. The first-order valence-corrected chi connectivity index (χ1v) is 5.52. The number of ether oxygens (including phenoxy) is 1. The molecule has 1 aromatic heterocycles. The minimum absolute atomic E-state index is 0.119. The average molecular weight is 252 g/mol. The van der Waals surface area contributed by atoms with Crippen LogP contribution in [0.15, 0.2) is 23.1 Å². The van der Waals surface area contributed by atoms with Crippen LogP contribution in [0.5, 0.6) is 0 Å². The maximum Gasteiger partial charge on any atom is 0.325 e. The molecule has 1 aromatic rings. The van der Waals surface area contributed by atoms with Crippen molar-refractivity contribution in [2.75, 3.05) is 13.7 Å². The first kappa shape index (κ1) is 14.0. The Morgan fingerprint density at radius 1 is 1.39 bits per heavy atom. The highest BCUT2D eigenvalue weighted by Gasteiger charge is 2.21. The van der Waals surface area contributed by atoms with Crippen LogP contribution in [0.1, 0.15) is 24.2 Å². The van der Waals surface area contributed by atoms with Crippen molar-refractivity contribution in [1.29, 1.82) is 0 Å². The van der Waals surface area contributed by atoms with Crippen LogP contribution in [-0.2, 0) is 9.53 Å². The largest absolute Gasteiger partial charge is 0.468 e. The van der Waals surface area contributed by atoms with Crippen LogP contribution in [0.25, 0.3) is 0 Å². The topological polar surface area (TPSA) is 79.5 Å². The van der Waals surface area contributed by atoms with E-state index in [1.807, 2.05) is 0 Å². The van der Waals surface area contributed by atoms with Crippen LogP contribution < -0.4 is 5.56 Å². The Labute approximate surface area is 105 Å². The molecule has 0 aliphatic rings. The van der Waals surface area contributed by atoms with E-state index < -0.39 is 5.97 Å². The van der Waals surface area contributed by atoms with Crippen LogP contribution in [0.4, 0.5) is 0 Å². The lowest BCUT2D eigenvalue weighted by Gasteiger charge is -2.25. The third-order valence-corrected chi connectivity index (χ3v) is 2.44. The number of carbonyl (C=O) groups excluding carboxylic acids is 2. The lowest BCUT2D eigenvalue weighted by molar-refractivity contribution is -0.141. The van der Waals surface area contributed by atoms with Crippen LogP contribution >= 0.6 is 0 Å². The van der Waals surface area contributed by atoms with Crippen LogP contribution in [-0.4, -0.2) is 41.5 Å². The van der Waals surface area contributed by atoms with E-state index in [2.05, 4.69) is 9.72 Å². The summed E-state index contributed by atoms with van der Waals surface area (Å²) in [6.45, 7) is 3.48. The van der Waals surface area contributed by atoms with Gasteiger partial charge < -0.3 is 14.6 Å². The molecule has 0 aliphatic heterocycles. The Morgan fingerprint density at radius 3 is 2.50 bits per heavy atom. The van der Waals surface area contributed by atoms with Gasteiger partial charge in [0.25, 0.3) is 5.91 Å². The third-order valence-electron chi connectivity index (χ3n) is 2.44. The van der Waals surface area contributed by atoms with Gasteiger partial charge in [-0.1, -0.05) is 0 Å². The standard InChI is InChI=1S/C12H16N2O4/c1-8(2)14(7-11(16)18-3)12(17)9-4-5-10(15)13-6-9/h4-6,8H,7H2,1-3H3,(H,13,15). The smallest absolute Gasteiger partial charge is 0.325 e. The van der Waals surface area contributed by atoms with Gasteiger partial charge in [0, 0.05) is 18.3 Å². The third kappa shape index (κ3) is 3.44. The van der Waals surface area contributed by atoms with Crippen LogP contribution in [0.3, 0.4) is 0 Å². The molecule has 0 saturated heterocycles. The zero-order valence-electron chi connectivity index (χ0n) is 10.6. The van der Waals surface area contributed by atoms with Crippen molar-refractivity contribution in [3.63, 3.8) is 0 Å². The van der Waals surface area contributed by atoms with E-state index in [4.69, 9.17) is 0 Å². The Kier molecular flexibility index (Phi) is 4.65. The fourth-order valence-corrected chi connectivity index (χ4v) is 1.40. The van der Waals surface area contributed by atoms with Gasteiger partial charge in [-0.25, -0.2) is 0 Å². The Morgan fingerprint density at radius 2 is 2.06 bits per heavy atom. The molecule has 18 heavy (non-hydrogen) atoms. The van der Waals surface area contributed by atoms with E-state index in [0.717, 1.165) is 0 Å². The number of hydrogen-bond acceptors (Lipinski definition) is 4. The molecule has 1 rings (SSSR count). The predicted molar refractivity (Wildman–Crippen MR) is 65.3 cm³/mol. The Balaban J connectivity index is 2.92. The van der Waals surface area contributed by atoms with Gasteiger partial charge in [-0.15, -0.1) is 0 Å². The molecule has 0 unspecified atom stereocenters. The number of esters is 1. The molecular formula is C12H16N2O4. The molecule has 0 saturated carbocycles. The summed E-state index contributed by atoms with van der Waals surface area (Å²) < 4.78 is 4.55. The van der Waals surface area contributed by atoms with Gasteiger partial charge in [0.2, 0.25) is 5.56 Å². The molecule has 0 aromatic carbocycles. The molecule has 6 nitrogen and oxygen atoms in total. The second-order valence-electron chi connectivity index (χ2n) is 4.04. The summed E-state index contributed by atoms with van der Waals surface area (Å²) >= 11 is 0. The predicted octanol–water partition coefficient (Wildman–Crippen LogP) is 0.398. The highest BCUT2D eigenvalue weighted by atomic mass is 16.5. The minimum Gasteiger partial charge on any atom is -0.468 e. The molecule has 1 heterocycles. The van der Waals surface area contributed by atoms with Crippen molar-refractivity contribution < 1.29 is 14.3 Å². The lowest BCUT2D eigenvalue weighted by atomic mass is 10.2. The zero-order valence-corrected chi connectivity index (χ0v) is 10.6. The number of pyridine rings is 1. The fourth-order valence-electron chi connectivity index (χ4n) is 1.40. The maximum atomic E-state index is 12.1. The van der Waals surface area contributed by atoms with Gasteiger partial charge in [0.05, 0.1) is 12.7 Å². The maximum absolute atomic E-state index is 12.1. The number of methoxy groups -OCH3 is 1. The van der Waals surface area contributed by atoms with Crippen molar-refractivity contribution in [3.8, 4) is 0 Å². The van der Waals surface area contributed by atoms with Crippen molar-refractivity contribution >= 4 is 11.9 Å². The minimum atomic E-state index is -0.485. The van der Waals surface area contributed by atoms with Gasteiger partial charge in [-0.3, -0.25) is 14.4 Å². The fraction of sp³-hybridized carbons (Fsp3) is 0.417. The molecule has 0 fully saturated rings. The van der Waals surface area contributed by atoms with Crippen molar-refractivity contribution in [2.24, 2.45) is 0 Å². The molecule has 6 heteroatoms. The van der Waals surface area contributed by atoms with Crippen LogP contribution in [0, 0.1) is 0 Å². The summed E-state index contributed by atoms with van der Waals surface area (Å²) in [5.74, 6) is -0.812. The number of aromatic amines is 1. The summed E-state index contributed by atoms with van der Waals surface area (Å²) in [5.41, 5.74) is 0.0443. The first-order valence-electron chi connectivity index (χ1n) is 5.52. The van der Waals surface area contributed by atoms with Gasteiger partial charge in [0.15, 0.2) is 0 Å². The second-order valence-corrected chi connectivity index (χ2v) is 4.04. The molecule has 0 radical (unpaired) electrons. The first-order chi connectivity index (χ1) is 8.45. The molecule has 1 N–H and O–H groups in total. The highest BCUT2D eigenvalue weighted by molar-refractivity contribution is 5.95. The summed E-state index contributed by atoms with van der Waals surface area (Å²) in [6, 6.07) is 2.54. The van der Waals surface area contributed by atoms with Crippen molar-refractivity contribution in [1.82, 2.24) is 9.88 Å². The van der Waals surface area contributed by atoms with E-state index in [1.165, 1.54) is 30.3 Å². The van der Waals surface area contributed by atoms with E-state index in [0.29, 0.717) is 5.56 Å². The number of amides is 1. The lowest BCUT2D eigenvalue weighted by Crippen LogP contribution is -2.41. The number of aromatic nitrogens is 1. The van der Waals surface area contributed by atoms with Gasteiger partial charge >= 0.3 is 5.97 Å². The number of H-pyrrole nitrogens is 1. The molecule has 0 aliphatic carbocycles. The molecular weight excluding hydrogens is 236 g/mol. The zero-order chi connectivity index (χ0) is 13.7. The quantitative estimate of drug-likeness (QED) is 0.786. The van der Waals surface area contributed by atoms with E-state index >= 15 is 0 Å². The van der Waals surface area contributed by atoms with E-state index in [9.17, 15) is 14.4 Å². The number of nitrogens with one attached hydrogen (secondary N) is 1. The summed E-state index contributed by atoms with van der Waals surface area (Å²) in [4.78, 5) is 38.1. The number of rotatable bonds is 4. The van der Waals surface area contributed by atoms with Gasteiger partial charge in [-0.2, -0.15) is 0 Å². The normalized spacial score (nSPS) is 10.2. The molecule has 0 bridgehead atoms. The Bertz CT molecular complexity index is 473.